The van der Waals surface area contributed by atoms with Gasteiger partial charge < -0.3 is 0 Å². The monoisotopic (exact) mass is 308 g/mol. The second-order valence-corrected chi connectivity index (χ2v) is 5.63. The van der Waals surface area contributed by atoms with Gasteiger partial charge >= 0.3 is 0 Å². The third-order valence-electron chi connectivity index (χ3n) is 3.80. The molecule has 0 nitrogen and oxygen atoms in total. The Kier molecular flexibility index (Phi) is 5.35. The molecule has 0 spiro atoms. The first-order valence-corrected chi connectivity index (χ1v) is 7.69. The summed E-state index contributed by atoms with van der Waals surface area (Å²) in [5, 5.41) is -0.437. The number of aryl methyl sites for hydroxylation is 2. The first kappa shape index (κ1) is 16.0. The van der Waals surface area contributed by atoms with E-state index >= 15 is 0 Å². The molecular formula is C18H19ClF2. The molecule has 0 amide bonds. The fourth-order valence-corrected chi connectivity index (χ4v) is 2.83. The Balaban J connectivity index is 2.26. The minimum absolute atomic E-state index is 0.0510. The summed E-state index contributed by atoms with van der Waals surface area (Å²) in [7, 11) is 0. The second kappa shape index (κ2) is 7.04. The van der Waals surface area contributed by atoms with Crippen LogP contribution in [0.3, 0.4) is 0 Å². The van der Waals surface area contributed by atoms with Crippen molar-refractivity contribution >= 4 is 11.6 Å². The molecule has 3 heteroatoms. The van der Waals surface area contributed by atoms with Crippen LogP contribution in [0.4, 0.5) is 8.78 Å². The smallest absolute Gasteiger partial charge is 0.129 e. The lowest BCUT2D eigenvalue weighted by molar-refractivity contribution is 0.553. The fourth-order valence-electron chi connectivity index (χ4n) is 2.54. The van der Waals surface area contributed by atoms with Crippen molar-refractivity contribution in [2.45, 2.75) is 38.5 Å². The summed E-state index contributed by atoms with van der Waals surface area (Å²) in [6, 6.07) is 9.95. The summed E-state index contributed by atoms with van der Waals surface area (Å²) < 4.78 is 27.4. The summed E-state index contributed by atoms with van der Waals surface area (Å²) in [5.74, 6) is -1.08. The van der Waals surface area contributed by atoms with Crippen molar-refractivity contribution < 1.29 is 8.78 Å². The molecule has 0 aliphatic heterocycles. The summed E-state index contributed by atoms with van der Waals surface area (Å²) in [6.07, 6.45) is 2.04. The first-order valence-electron chi connectivity index (χ1n) is 7.25. The topological polar surface area (TPSA) is 0 Å². The van der Waals surface area contributed by atoms with Crippen molar-refractivity contribution in [1.29, 1.82) is 0 Å². The molecule has 0 saturated heterocycles. The molecule has 0 aromatic heterocycles. The van der Waals surface area contributed by atoms with E-state index < -0.39 is 17.0 Å². The molecular weight excluding hydrogens is 290 g/mol. The van der Waals surface area contributed by atoms with Crippen LogP contribution in [0.5, 0.6) is 0 Å². The van der Waals surface area contributed by atoms with E-state index in [1.165, 1.54) is 29.3 Å². The molecule has 2 rings (SSSR count). The summed E-state index contributed by atoms with van der Waals surface area (Å²) >= 11 is 6.38. The Hall–Kier alpha value is -1.41. The third-order valence-corrected chi connectivity index (χ3v) is 4.21. The lowest BCUT2D eigenvalue weighted by Gasteiger charge is -2.14. The van der Waals surface area contributed by atoms with Crippen LogP contribution in [0.1, 0.15) is 41.5 Å². The first-order chi connectivity index (χ1) is 10.1. The van der Waals surface area contributed by atoms with E-state index in [1.807, 2.05) is 6.07 Å². The maximum absolute atomic E-state index is 13.7. The van der Waals surface area contributed by atoms with Gasteiger partial charge in [-0.15, -0.1) is 11.6 Å². The van der Waals surface area contributed by atoms with E-state index in [0.29, 0.717) is 0 Å². The Morgan fingerprint density at radius 2 is 1.57 bits per heavy atom. The normalized spacial score (nSPS) is 12.4. The molecule has 2 aromatic rings. The molecule has 0 heterocycles. The molecule has 1 unspecified atom stereocenters. The minimum atomic E-state index is -0.540. The molecule has 0 saturated carbocycles. The Bertz CT molecular complexity index is 602. The van der Waals surface area contributed by atoms with Gasteiger partial charge in [-0.3, -0.25) is 0 Å². The van der Waals surface area contributed by atoms with Crippen LogP contribution in [-0.4, -0.2) is 0 Å². The van der Waals surface area contributed by atoms with Crippen LogP contribution in [0, 0.1) is 11.6 Å². The van der Waals surface area contributed by atoms with E-state index in [4.69, 9.17) is 11.6 Å². The molecule has 21 heavy (non-hydrogen) atoms. The molecule has 0 bridgehead atoms. The largest absolute Gasteiger partial charge is 0.207 e. The van der Waals surface area contributed by atoms with E-state index in [9.17, 15) is 8.78 Å². The molecule has 1 atom stereocenters. The highest BCUT2D eigenvalue weighted by atomic mass is 35.5. The molecule has 112 valence electrons. The number of halogens is 3. The van der Waals surface area contributed by atoms with Gasteiger partial charge in [0.05, 0.1) is 5.38 Å². The highest BCUT2D eigenvalue weighted by Crippen LogP contribution is 2.29. The van der Waals surface area contributed by atoms with Crippen LogP contribution >= 0.6 is 11.6 Å². The maximum Gasteiger partial charge on any atom is 0.129 e. The van der Waals surface area contributed by atoms with Gasteiger partial charge in [-0.05, 0) is 48.1 Å². The summed E-state index contributed by atoms with van der Waals surface area (Å²) in [5.41, 5.74) is 3.50. The van der Waals surface area contributed by atoms with Crippen molar-refractivity contribution in [3.05, 3.63) is 70.3 Å². The molecule has 0 aliphatic rings. The summed E-state index contributed by atoms with van der Waals surface area (Å²) in [4.78, 5) is 0. The maximum atomic E-state index is 13.7. The number of alkyl halides is 1. The van der Waals surface area contributed by atoms with E-state index in [0.717, 1.165) is 18.4 Å². The predicted octanol–water partition coefficient (Wildman–Crippen LogP) is 5.61. The lowest BCUT2D eigenvalue weighted by atomic mass is 9.96. The van der Waals surface area contributed by atoms with Gasteiger partial charge in [-0.1, -0.05) is 38.1 Å². The van der Waals surface area contributed by atoms with Crippen LogP contribution < -0.4 is 0 Å². The van der Waals surface area contributed by atoms with Gasteiger partial charge in [-0.2, -0.15) is 0 Å². The molecule has 0 fully saturated rings. The highest BCUT2D eigenvalue weighted by Gasteiger charge is 2.16. The van der Waals surface area contributed by atoms with Gasteiger partial charge in [0.15, 0.2) is 0 Å². The molecule has 2 aromatic carbocycles. The molecule has 0 aliphatic carbocycles. The highest BCUT2D eigenvalue weighted by molar-refractivity contribution is 6.20. The van der Waals surface area contributed by atoms with Crippen molar-refractivity contribution in [2.24, 2.45) is 0 Å². The Morgan fingerprint density at radius 1 is 0.952 bits per heavy atom. The zero-order chi connectivity index (χ0) is 15.4. The van der Waals surface area contributed by atoms with E-state index in [2.05, 4.69) is 26.0 Å². The van der Waals surface area contributed by atoms with E-state index in [1.54, 1.807) is 0 Å². The van der Waals surface area contributed by atoms with Gasteiger partial charge in [0, 0.05) is 5.56 Å². The quantitative estimate of drug-likeness (QED) is 0.630. The van der Waals surface area contributed by atoms with Crippen molar-refractivity contribution in [3.8, 4) is 0 Å². The van der Waals surface area contributed by atoms with Crippen LogP contribution in [0.15, 0.2) is 36.4 Å². The number of hydrogen-bond donors (Lipinski definition) is 0. The Labute approximate surface area is 129 Å². The second-order valence-electron chi connectivity index (χ2n) is 5.11. The zero-order valence-electron chi connectivity index (χ0n) is 12.3. The zero-order valence-corrected chi connectivity index (χ0v) is 13.1. The molecule has 0 N–H and O–H groups in total. The molecule has 0 radical (unpaired) electrons. The standard InChI is InChI=1S/C18H19ClF2/c1-3-12-8-9-14(10-13(12)4-2)16(19)11-15-17(20)6-5-7-18(15)21/h5-10,16H,3-4,11H2,1-2H3. The van der Waals surface area contributed by atoms with Crippen LogP contribution in [-0.2, 0) is 19.3 Å². The Morgan fingerprint density at radius 3 is 2.14 bits per heavy atom. The minimum Gasteiger partial charge on any atom is -0.207 e. The van der Waals surface area contributed by atoms with Crippen molar-refractivity contribution in [3.63, 3.8) is 0 Å². The number of rotatable bonds is 5. The van der Waals surface area contributed by atoms with Gasteiger partial charge in [-0.25, -0.2) is 8.78 Å². The van der Waals surface area contributed by atoms with Gasteiger partial charge in [0.2, 0.25) is 0 Å². The number of hydrogen-bond acceptors (Lipinski definition) is 0. The van der Waals surface area contributed by atoms with Crippen molar-refractivity contribution in [2.75, 3.05) is 0 Å². The fraction of sp³-hybridized carbons (Fsp3) is 0.333. The van der Waals surface area contributed by atoms with Gasteiger partial charge in [0.25, 0.3) is 0 Å². The van der Waals surface area contributed by atoms with Crippen LogP contribution in [0.25, 0.3) is 0 Å². The average Bonchev–Trinajstić information content (AvgIpc) is 2.50. The number of benzene rings is 2. The lowest BCUT2D eigenvalue weighted by Crippen LogP contribution is -2.03. The predicted molar refractivity (Wildman–Crippen MR) is 83.9 cm³/mol. The van der Waals surface area contributed by atoms with Gasteiger partial charge in [0.1, 0.15) is 11.6 Å². The van der Waals surface area contributed by atoms with E-state index in [-0.39, 0.29) is 12.0 Å². The third kappa shape index (κ3) is 3.62. The van der Waals surface area contributed by atoms with Crippen molar-refractivity contribution in [1.82, 2.24) is 0 Å². The average molecular weight is 309 g/mol. The SMILES string of the molecule is CCc1ccc(C(Cl)Cc2c(F)cccc2F)cc1CC. The summed E-state index contributed by atoms with van der Waals surface area (Å²) in [6.45, 7) is 4.21. The van der Waals surface area contributed by atoms with Crippen LogP contribution in [0.2, 0.25) is 0 Å².